The summed E-state index contributed by atoms with van der Waals surface area (Å²) in [5, 5.41) is 3.01. The van der Waals surface area contributed by atoms with Crippen LogP contribution in [0.1, 0.15) is 37.0 Å². The Morgan fingerprint density at radius 2 is 1.82 bits per heavy atom. The zero-order valence-electron chi connectivity index (χ0n) is 15.7. The SMILES string of the molecule is CCN(CC)c1ccc2cc(C(=O)NC=CN3C(=O)CCC3=O)c(=O)oc2c1. The minimum absolute atomic E-state index is 0.154. The molecule has 1 N–H and O–H groups in total. The van der Waals surface area contributed by atoms with E-state index in [1.165, 1.54) is 12.3 Å². The van der Waals surface area contributed by atoms with Gasteiger partial charge in [-0.15, -0.1) is 0 Å². The summed E-state index contributed by atoms with van der Waals surface area (Å²) in [6.07, 6.45) is 2.66. The van der Waals surface area contributed by atoms with E-state index in [0.717, 1.165) is 29.9 Å². The first kappa shape index (κ1) is 19.3. The number of carbonyl (C=O) groups is 3. The number of benzene rings is 1. The zero-order chi connectivity index (χ0) is 20.3. The lowest BCUT2D eigenvalue weighted by atomic mass is 10.1. The van der Waals surface area contributed by atoms with Gasteiger partial charge in [-0.3, -0.25) is 19.3 Å². The van der Waals surface area contributed by atoms with Gasteiger partial charge in [-0.25, -0.2) is 4.79 Å². The minimum Gasteiger partial charge on any atom is -0.422 e. The number of nitrogens with zero attached hydrogens (tertiary/aromatic N) is 2. The number of hydrogen-bond acceptors (Lipinski definition) is 6. The molecular formula is C20H21N3O5. The van der Waals surface area contributed by atoms with Crippen molar-refractivity contribution in [2.24, 2.45) is 0 Å². The van der Waals surface area contributed by atoms with Crippen molar-refractivity contribution in [2.75, 3.05) is 18.0 Å². The summed E-state index contributed by atoms with van der Waals surface area (Å²) < 4.78 is 5.32. The Morgan fingerprint density at radius 3 is 2.46 bits per heavy atom. The van der Waals surface area contributed by atoms with E-state index in [9.17, 15) is 19.2 Å². The highest BCUT2D eigenvalue weighted by molar-refractivity contribution is 6.03. The van der Waals surface area contributed by atoms with E-state index < -0.39 is 11.5 Å². The second-order valence-corrected chi connectivity index (χ2v) is 6.29. The fourth-order valence-electron chi connectivity index (χ4n) is 3.07. The lowest BCUT2D eigenvalue weighted by molar-refractivity contribution is -0.135. The van der Waals surface area contributed by atoms with Crippen LogP contribution < -0.4 is 15.8 Å². The summed E-state index contributed by atoms with van der Waals surface area (Å²) in [5.41, 5.74) is 0.408. The van der Waals surface area contributed by atoms with Crippen LogP contribution in [0.3, 0.4) is 0 Å². The third kappa shape index (κ3) is 3.80. The molecular weight excluding hydrogens is 362 g/mol. The number of fused-ring (bicyclic) bond motifs is 1. The van der Waals surface area contributed by atoms with E-state index in [1.54, 1.807) is 12.1 Å². The van der Waals surface area contributed by atoms with Gasteiger partial charge in [0.1, 0.15) is 11.1 Å². The van der Waals surface area contributed by atoms with Gasteiger partial charge < -0.3 is 14.6 Å². The van der Waals surface area contributed by atoms with E-state index in [0.29, 0.717) is 11.0 Å². The number of imide groups is 1. The molecule has 1 fully saturated rings. The zero-order valence-corrected chi connectivity index (χ0v) is 15.7. The minimum atomic E-state index is -0.761. The quantitative estimate of drug-likeness (QED) is 0.605. The molecule has 1 aliphatic rings. The molecule has 0 saturated carbocycles. The molecule has 0 aliphatic carbocycles. The van der Waals surface area contributed by atoms with Gasteiger partial charge in [-0.05, 0) is 32.0 Å². The van der Waals surface area contributed by atoms with Gasteiger partial charge in [0.2, 0.25) is 11.8 Å². The molecule has 146 valence electrons. The number of rotatable bonds is 6. The van der Waals surface area contributed by atoms with Crippen LogP contribution in [0.15, 0.2) is 45.9 Å². The summed E-state index contributed by atoms with van der Waals surface area (Å²) in [6.45, 7) is 5.71. The first-order valence-electron chi connectivity index (χ1n) is 9.09. The van der Waals surface area contributed by atoms with E-state index in [2.05, 4.69) is 10.2 Å². The number of hydrogen-bond donors (Lipinski definition) is 1. The van der Waals surface area contributed by atoms with Gasteiger partial charge in [0.05, 0.1) is 0 Å². The van der Waals surface area contributed by atoms with Crippen LogP contribution in [0.2, 0.25) is 0 Å². The average molecular weight is 383 g/mol. The smallest absolute Gasteiger partial charge is 0.349 e. The third-order valence-corrected chi connectivity index (χ3v) is 4.62. The molecule has 28 heavy (non-hydrogen) atoms. The second kappa shape index (κ2) is 8.08. The molecule has 2 heterocycles. The molecule has 3 rings (SSSR count). The fraction of sp³-hybridized carbons (Fsp3) is 0.300. The highest BCUT2D eigenvalue weighted by Crippen LogP contribution is 2.22. The van der Waals surface area contributed by atoms with Crippen LogP contribution in [0.4, 0.5) is 5.69 Å². The normalized spacial score (nSPS) is 14.3. The van der Waals surface area contributed by atoms with Crippen molar-refractivity contribution in [2.45, 2.75) is 26.7 Å². The van der Waals surface area contributed by atoms with E-state index >= 15 is 0 Å². The topological polar surface area (TPSA) is 99.9 Å². The number of anilines is 1. The Balaban J connectivity index is 1.80. The van der Waals surface area contributed by atoms with Gasteiger partial charge in [0, 0.05) is 55.5 Å². The average Bonchev–Trinajstić information content (AvgIpc) is 3.00. The Labute approximate surface area is 161 Å². The molecule has 1 aromatic heterocycles. The molecule has 0 bridgehead atoms. The number of amides is 3. The molecule has 0 unspecified atom stereocenters. The molecule has 3 amide bonds. The van der Waals surface area contributed by atoms with Gasteiger partial charge >= 0.3 is 5.63 Å². The number of carbonyl (C=O) groups excluding carboxylic acids is 3. The van der Waals surface area contributed by atoms with Gasteiger partial charge in [0.15, 0.2) is 0 Å². The van der Waals surface area contributed by atoms with Crippen LogP contribution in [0.5, 0.6) is 0 Å². The Bertz CT molecular complexity index is 1000. The standard InChI is InChI=1S/C20H21N3O5/c1-3-22(4-2)14-6-5-13-11-15(20(27)28-16(13)12-14)19(26)21-9-10-23-17(24)7-8-18(23)25/h5-6,9-12H,3-4,7-8H2,1-2H3,(H,21,26). The lowest BCUT2D eigenvalue weighted by Crippen LogP contribution is -2.27. The maximum atomic E-state index is 12.3. The summed E-state index contributed by atoms with van der Waals surface area (Å²) in [6, 6.07) is 6.93. The molecule has 1 saturated heterocycles. The van der Waals surface area contributed by atoms with Crippen molar-refractivity contribution in [1.29, 1.82) is 0 Å². The van der Waals surface area contributed by atoms with E-state index in [1.807, 2.05) is 19.9 Å². The molecule has 0 atom stereocenters. The maximum Gasteiger partial charge on any atom is 0.349 e. The van der Waals surface area contributed by atoms with Crippen molar-refractivity contribution < 1.29 is 18.8 Å². The molecule has 0 spiro atoms. The van der Waals surface area contributed by atoms with Crippen molar-refractivity contribution in [3.8, 4) is 0 Å². The first-order valence-corrected chi connectivity index (χ1v) is 9.09. The first-order chi connectivity index (χ1) is 13.4. The molecule has 0 radical (unpaired) electrons. The Morgan fingerprint density at radius 1 is 1.14 bits per heavy atom. The lowest BCUT2D eigenvalue weighted by Gasteiger charge is -2.20. The highest BCUT2D eigenvalue weighted by atomic mass is 16.4. The van der Waals surface area contributed by atoms with Gasteiger partial charge in [-0.2, -0.15) is 0 Å². The molecule has 1 aliphatic heterocycles. The van der Waals surface area contributed by atoms with E-state index in [4.69, 9.17) is 4.42 Å². The van der Waals surface area contributed by atoms with Crippen molar-refractivity contribution >= 4 is 34.4 Å². The maximum absolute atomic E-state index is 12.3. The summed E-state index contributed by atoms with van der Waals surface area (Å²) in [4.78, 5) is 50.6. The van der Waals surface area contributed by atoms with Crippen LogP contribution in [-0.4, -0.2) is 35.7 Å². The van der Waals surface area contributed by atoms with Crippen molar-refractivity contribution in [1.82, 2.24) is 10.2 Å². The number of likely N-dealkylation sites (tertiary alicyclic amines) is 1. The largest absolute Gasteiger partial charge is 0.422 e. The summed E-state index contributed by atoms with van der Waals surface area (Å²) >= 11 is 0. The molecule has 8 nitrogen and oxygen atoms in total. The molecule has 1 aromatic carbocycles. The second-order valence-electron chi connectivity index (χ2n) is 6.29. The fourth-order valence-corrected chi connectivity index (χ4v) is 3.07. The van der Waals surface area contributed by atoms with Crippen LogP contribution in [-0.2, 0) is 9.59 Å². The monoisotopic (exact) mass is 383 g/mol. The Kier molecular flexibility index (Phi) is 5.58. The predicted octanol–water partition coefficient (Wildman–Crippen LogP) is 1.99. The predicted molar refractivity (Wildman–Crippen MR) is 104 cm³/mol. The Hall–Kier alpha value is -3.42. The number of nitrogens with one attached hydrogen (secondary N) is 1. The van der Waals surface area contributed by atoms with Crippen LogP contribution in [0, 0.1) is 0 Å². The summed E-state index contributed by atoms with van der Waals surface area (Å²) in [5.74, 6) is -1.34. The highest BCUT2D eigenvalue weighted by Gasteiger charge is 2.26. The van der Waals surface area contributed by atoms with Crippen molar-refractivity contribution in [3.05, 3.63) is 52.6 Å². The van der Waals surface area contributed by atoms with Crippen molar-refractivity contribution in [3.63, 3.8) is 0 Å². The molecule has 2 aromatic rings. The van der Waals surface area contributed by atoms with Gasteiger partial charge in [0.25, 0.3) is 5.91 Å². The van der Waals surface area contributed by atoms with Crippen LogP contribution in [0.25, 0.3) is 11.0 Å². The van der Waals surface area contributed by atoms with Crippen LogP contribution >= 0.6 is 0 Å². The summed E-state index contributed by atoms with van der Waals surface area (Å²) in [7, 11) is 0. The van der Waals surface area contributed by atoms with Gasteiger partial charge in [-0.1, -0.05) is 0 Å². The molecule has 8 heteroatoms. The van der Waals surface area contributed by atoms with E-state index in [-0.39, 0.29) is 30.2 Å². The third-order valence-electron chi connectivity index (χ3n) is 4.62.